The Kier molecular flexibility index (Phi) is 5.54. The lowest BCUT2D eigenvalue weighted by Gasteiger charge is -2.11. The maximum absolute atomic E-state index is 12.8. The zero-order chi connectivity index (χ0) is 21.1. The van der Waals surface area contributed by atoms with E-state index in [0.29, 0.717) is 22.3 Å². The van der Waals surface area contributed by atoms with E-state index in [1.807, 2.05) is 0 Å². The first-order chi connectivity index (χ1) is 13.8. The van der Waals surface area contributed by atoms with Gasteiger partial charge >= 0.3 is 11.9 Å². The first-order valence-electron chi connectivity index (χ1n) is 8.71. The van der Waals surface area contributed by atoms with Crippen molar-refractivity contribution in [3.05, 3.63) is 59.0 Å². The molecular formula is C21H18O8. The van der Waals surface area contributed by atoms with Crippen LogP contribution >= 0.6 is 0 Å². The van der Waals surface area contributed by atoms with E-state index in [0.717, 1.165) is 0 Å². The van der Waals surface area contributed by atoms with Gasteiger partial charge in [-0.05, 0) is 43.7 Å². The van der Waals surface area contributed by atoms with Crippen molar-refractivity contribution < 1.29 is 33.7 Å². The molecule has 8 nitrogen and oxygen atoms in total. The molecule has 29 heavy (non-hydrogen) atoms. The molecule has 0 fully saturated rings. The zero-order valence-corrected chi connectivity index (χ0v) is 15.6. The molecule has 8 heteroatoms. The van der Waals surface area contributed by atoms with E-state index < -0.39 is 24.1 Å². The summed E-state index contributed by atoms with van der Waals surface area (Å²) in [5.41, 5.74) is 0.902. The summed E-state index contributed by atoms with van der Waals surface area (Å²) in [5.74, 6) is -1.54. The van der Waals surface area contributed by atoms with Gasteiger partial charge in [-0.3, -0.25) is 4.79 Å². The largest absolute Gasteiger partial charge is 0.479 e. The molecule has 0 bridgehead atoms. The van der Waals surface area contributed by atoms with Gasteiger partial charge in [0.2, 0.25) is 0 Å². The van der Waals surface area contributed by atoms with E-state index in [-0.39, 0.29) is 16.8 Å². The first-order valence-corrected chi connectivity index (χ1v) is 8.71. The fourth-order valence-electron chi connectivity index (χ4n) is 2.60. The molecule has 0 radical (unpaired) electrons. The molecule has 1 aromatic heterocycles. The lowest BCUT2D eigenvalue weighted by atomic mass is 10.1. The Labute approximate surface area is 164 Å². The minimum atomic E-state index is -1.10. The van der Waals surface area contributed by atoms with Crippen LogP contribution in [-0.4, -0.2) is 34.4 Å². The molecular weight excluding hydrogens is 380 g/mol. The number of fused-ring (bicyclic) bond motifs is 1. The van der Waals surface area contributed by atoms with Crippen molar-refractivity contribution >= 4 is 22.9 Å². The molecule has 0 amide bonds. The monoisotopic (exact) mass is 398 g/mol. The number of carboxylic acid groups (broad SMARTS) is 2. The Morgan fingerprint density at radius 2 is 1.45 bits per heavy atom. The van der Waals surface area contributed by atoms with Crippen LogP contribution in [0.4, 0.5) is 0 Å². The number of carbonyl (C=O) groups is 2. The number of hydrogen-bond acceptors (Lipinski definition) is 6. The second kappa shape index (κ2) is 8.05. The molecule has 3 aromatic rings. The van der Waals surface area contributed by atoms with Gasteiger partial charge < -0.3 is 24.1 Å². The van der Waals surface area contributed by atoms with Crippen LogP contribution in [0.25, 0.3) is 22.1 Å². The summed E-state index contributed by atoms with van der Waals surface area (Å²) >= 11 is 0. The lowest BCUT2D eigenvalue weighted by Crippen LogP contribution is -2.22. The fourth-order valence-corrected chi connectivity index (χ4v) is 2.60. The first kappa shape index (κ1) is 19.9. The quantitative estimate of drug-likeness (QED) is 0.622. The van der Waals surface area contributed by atoms with Gasteiger partial charge in [-0.1, -0.05) is 12.1 Å². The predicted molar refractivity (Wildman–Crippen MR) is 103 cm³/mol. The van der Waals surface area contributed by atoms with Gasteiger partial charge in [-0.2, -0.15) is 0 Å². The third kappa shape index (κ3) is 4.37. The number of benzene rings is 2. The van der Waals surface area contributed by atoms with Crippen LogP contribution in [-0.2, 0) is 9.59 Å². The van der Waals surface area contributed by atoms with E-state index in [2.05, 4.69) is 0 Å². The van der Waals surface area contributed by atoms with Crippen LogP contribution in [0.2, 0.25) is 0 Å². The number of carboxylic acids is 2. The van der Waals surface area contributed by atoms with Crippen LogP contribution in [0.1, 0.15) is 13.8 Å². The Morgan fingerprint density at radius 3 is 2.03 bits per heavy atom. The maximum atomic E-state index is 12.8. The van der Waals surface area contributed by atoms with Gasteiger partial charge in [0.05, 0.1) is 10.9 Å². The van der Waals surface area contributed by atoms with E-state index in [4.69, 9.17) is 24.1 Å². The van der Waals surface area contributed by atoms with Gasteiger partial charge in [0.1, 0.15) is 23.3 Å². The van der Waals surface area contributed by atoms with Crippen LogP contribution in [0.3, 0.4) is 0 Å². The summed E-state index contributed by atoms with van der Waals surface area (Å²) < 4.78 is 16.1. The maximum Gasteiger partial charge on any atom is 0.344 e. The average Bonchev–Trinajstić information content (AvgIpc) is 2.69. The Hall–Kier alpha value is -3.81. The normalized spacial score (nSPS) is 12.9. The highest BCUT2D eigenvalue weighted by atomic mass is 16.5. The highest BCUT2D eigenvalue weighted by molar-refractivity contribution is 5.83. The molecule has 2 unspecified atom stereocenters. The van der Waals surface area contributed by atoms with Gasteiger partial charge in [-0.25, -0.2) is 9.59 Å². The molecule has 0 aliphatic carbocycles. The number of aliphatic carboxylic acids is 2. The Morgan fingerprint density at radius 1 is 0.897 bits per heavy atom. The summed E-state index contributed by atoms with van der Waals surface area (Å²) in [6.07, 6.45) is -0.722. The van der Waals surface area contributed by atoms with Crippen molar-refractivity contribution in [2.75, 3.05) is 0 Å². The lowest BCUT2D eigenvalue weighted by molar-refractivity contribution is -0.145. The van der Waals surface area contributed by atoms with E-state index in [9.17, 15) is 14.4 Å². The molecule has 0 spiro atoms. The van der Waals surface area contributed by atoms with E-state index in [1.54, 1.807) is 24.3 Å². The van der Waals surface area contributed by atoms with Crippen molar-refractivity contribution in [3.8, 4) is 22.6 Å². The number of ether oxygens (including phenoxy) is 2. The van der Waals surface area contributed by atoms with Gasteiger partial charge in [0.25, 0.3) is 0 Å². The molecule has 1 heterocycles. The van der Waals surface area contributed by atoms with E-state index in [1.165, 1.54) is 38.3 Å². The van der Waals surface area contributed by atoms with E-state index >= 15 is 0 Å². The SMILES string of the molecule is CC(Oc1ccc(-c2coc3cc(OC(C)C(=O)O)ccc3c2=O)cc1)C(=O)O. The highest BCUT2D eigenvalue weighted by Gasteiger charge is 2.15. The van der Waals surface area contributed by atoms with Crippen molar-refractivity contribution in [1.29, 1.82) is 0 Å². The minimum Gasteiger partial charge on any atom is -0.479 e. The fraction of sp³-hybridized carbons (Fsp3) is 0.190. The van der Waals surface area contributed by atoms with Crippen molar-refractivity contribution in [2.45, 2.75) is 26.1 Å². The topological polar surface area (TPSA) is 123 Å². The highest BCUT2D eigenvalue weighted by Crippen LogP contribution is 2.25. The van der Waals surface area contributed by atoms with Gasteiger partial charge in [-0.15, -0.1) is 0 Å². The van der Waals surface area contributed by atoms with Crippen LogP contribution in [0, 0.1) is 0 Å². The molecule has 0 saturated carbocycles. The molecule has 150 valence electrons. The van der Waals surface area contributed by atoms with Crippen LogP contribution in [0.15, 0.2) is 57.9 Å². The molecule has 0 aliphatic rings. The summed E-state index contributed by atoms with van der Waals surface area (Å²) in [4.78, 5) is 34.6. The second-order valence-electron chi connectivity index (χ2n) is 6.36. The molecule has 2 N–H and O–H groups in total. The van der Waals surface area contributed by atoms with Crippen LogP contribution < -0.4 is 14.9 Å². The number of hydrogen-bond donors (Lipinski definition) is 2. The van der Waals surface area contributed by atoms with Crippen molar-refractivity contribution in [2.24, 2.45) is 0 Å². The summed E-state index contributed by atoms with van der Waals surface area (Å²) in [7, 11) is 0. The molecule has 3 rings (SSSR count). The second-order valence-corrected chi connectivity index (χ2v) is 6.36. The molecule has 0 saturated heterocycles. The van der Waals surface area contributed by atoms with Crippen LogP contribution in [0.5, 0.6) is 11.5 Å². The molecule has 2 atom stereocenters. The summed E-state index contributed by atoms with van der Waals surface area (Å²) in [6.45, 7) is 2.82. The molecule has 2 aromatic carbocycles. The minimum absolute atomic E-state index is 0.267. The smallest absolute Gasteiger partial charge is 0.344 e. The number of rotatable bonds is 7. The predicted octanol–water partition coefficient (Wildman–Crippen LogP) is 3.16. The third-order valence-electron chi connectivity index (χ3n) is 4.23. The van der Waals surface area contributed by atoms with Crippen molar-refractivity contribution in [3.63, 3.8) is 0 Å². The van der Waals surface area contributed by atoms with Gasteiger partial charge in [0.15, 0.2) is 17.6 Å². The Balaban J connectivity index is 1.89. The zero-order valence-electron chi connectivity index (χ0n) is 15.6. The van der Waals surface area contributed by atoms with Crippen molar-refractivity contribution in [1.82, 2.24) is 0 Å². The standard InChI is InChI=1S/C21H18O8/c1-11(20(23)24)28-14-5-3-13(4-6-14)17-10-27-18-9-15(29-12(2)21(25)26)7-8-16(18)19(17)22/h3-12H,1-2H3,(H,23,24)(H,25,26). The molecule has 0 aliphatic heterocycles. The summed E-state index contributed by atoms with van der Waals surface area (Å²) in [5, 5.41) is 18.1. The Bertz CT molecular complexity index is 1110. The summed E-state index contributed by atoms with van der Waals surface area (Å²) in [6, 6.07) is 10.9. The third-order valence-corrected chi connectivity index (χ3v) is 4.23. The van der Waals surface area contributed by atoms with Gasteiger partial charge in [0, 0.05) is 6.07 Å². The average molecular weight is 398 g/mol.